The number of hydrogen-bond donors (Lipinski definition) is 1. The largest absolute Gasteiger partial charge is 0.326 e. The van der Waals surface area contributed by atoms with Gasteiger partial charge in [0.2, 0.25) is 0 Å². The van der Waals surface area contributed by atoms with E-state index in [1.807, 2.05) is 24.5 Å². The molecule has 0 radical (unpaired) electrons. The number of carbonyl (C=O) groups excluding carboxylic acids is 2. The first-order valence-electron chi connectivity index (χ1n) is 10.1. The summed E-state index contributed by atoms with van der Waals surface area (Å²) in [4.78, 5) is 35.7. The molecule has 27 heavy (non-hydrogen) atoms. The number of nitrogens with one attached hydrogen (secondary N) is 1. The highest BCUT2D eigenvalue weighted by atomic mass is 16.2. The van der Waals surface area contributed by atoms with Crippen LogP contribution in [0.25, 0.3) is 0 Å². The van der Waals surface area contributed by atoms with E-state index >= 15 is 0 Å². The number of imide groups is 1. The van der Waals surface area contributed by atoms with Crippen molar-refractivity contribution in [1.29, 1.82) is 0 Å². The summed E-state index contributed by atoms with van der Waals surface area (Å²) in [6.07, 6.45) is 7.59. The minimum absolute atomic E-state index is 0.0149. The van der Waals surface area contributed by atoms with E-state index in [-0.39, 0.29) is 17.9 Å². The van der Waals surface area contributed by atoms with Gasteiger partial charge in [0.05, 0.1) is 6.67 Å². The first-order valence-corrected chi connectivity index (χ1v) is 10.1. The summed E-state index contributed by atoms with van der Waals surface area (Å²) in [7, 11) is 0. The normalized spacial score (nSPS) is 30.1. The summed E-state index contributed by atoms with van der Waals surface area (Å²) < 4.78 is 0. The minimum Gasteiger partial charge on any atom is -0.323 e. The summed E-state index contributed by atoms with van der Waals surface area (Å²) in [6, 6.07) is 3.88. The van der Waals surface area contributed by atoms with E-state index in [1.165, 1.54) is 10.5 Å². The molecule has 0 unspecified atom stereocenters. The molecule has 7 heteroatoms. The lowest BCUT2D eigenvalue weighted by molar-refractivity contribution is -0.136. The lowest BCUT2D eigenvalue weighted by Gasteiger charge is -2.38. The Kier molecular flexibility index (Phi) is 5.14. The lowest BCUT2D eigenvalue weighted by Crippen LogP contribution is -2.55. The fourth-order valence-corrected chi connectivity index (χ4v) is 4.66. The molecule has 7 nitrogen and oxygen atoms in total. The molecule has 3 amide bonds. The molecule has 4 rings (SSSR count). The quantitative estimate of drug-likeness (QED) is 0.815. The van der Waals surface area contributed by atoms with Crippen LogP contribution in [0.2, 0.25) is 0 Å². The van der Waals surface area contributed by atoms with Gasteiger partial charge in [-0.3, -0.25) is 19.6 Å². The number of piperazine rings is 1. The molecule has 1 aliphatic carbocycles. The van der Waals surface area contributed by atoms with E-state index < -0.39 is 5.54 Å². The number of rotatable bonds is 4. The Labute approximate surface area is 160 Å². The highest BCUT2D eigenvalue weighted by molar-refractivity contribution is 6.07. The van der Waals surface area contributed by atoms with Crippen molar-refractivity contribution in [2.75, 3.05) is 32.8 Å². The second kappa shape index (κ2) is 7.56. The molecule has 0 bridgehead atoms. The minimum atomic E-state index is -0.654. The Bertz CT molecular complexity index is 689. The maximum absolute atomic E-state index is 13.1. The molecule has 3 heterocycles. The molecule has 0 aromatic carbocycles. The van der Waals surface area contributed by atoms with Crippen molar-refractivity contribution in [3.63, 3.8) is 0 Å². The van der Waals surface area contributed by atoms with Gasteiger partial charge < -0.3 is 5.32 Å². The monoisotopic (exact) mass is 371 g/mol. The van der Waals surface area contributed by atoms with Crippen molar-refractivity contribution in [3.05, 3.63) is 30.1 Å². The summed E-state index contributed by atoms with van der Waals surface area (Å²) in [5.41, 5.74) is 0.610. The second-order valence-electron chi connectivity index (χ2n) is 8.17. The Balaban J connectivity index is 1.32. The van der Waals surface area contributed by atoms with Crippen LogP contribution in [-0.4, -0.2) is 70.0 Å². The molecule has 146 valence electrons. The molecule has 3 fully saturated rings. The zero-order valence-electron chi connectivity index (χ0n) is 16.1. The van der Waals surface area contributed by atoms with Gasteiger partial charge in [0.25, 0.3) is 5.91 Å². The highest BCUT2D eigenvalue weighted by Crippen LogP contribution is 2.38. The van der Waals surface area contributed by atoms with E-state index in [9.17, 15) is 9.59 Å². The van der Waals surface area contributed by atoms with Gasteiger partial charge in [0.1, 0.15) is 5.54 Å². The van der Waals surface area contributed by atoms with E-state index in [0.717, 1.165) is 58.4 Å². The maximum atomic E-state index is 13.1. The van der Waals surface area contributed by atoms with Crippen LogP contribution in [-0.2, 0) is 11.3 Å². The van der Waals surface area contributed by atoms with Crippen molar-refractivity contribution >= 4 is 11.9 Å². The van der Waals surface area contributed by atoms with Crippen molar-refractivity contribution in [1.82, 2.24) is 25.0 Å². The van der Waals surface area contributed by atoms with E-state index in [1.54, 1.807) is 0 Å². The molecule has 1 aromatic rings. The Morgan fingerprint density at radius 1 is 1.11 bits per heavy atom. The van der Waals surface area contributed by atoms with Crippen LogP contribution in [0.3, 0.4) is 0 Å². The van der Waals surface area contributed by atoms with Crippen molar-refractivity contribution < 1.29 is 9.59 Å². The van der Waals surface area contributed by atoms with Crippen LogP contribution in [0.15, 0.2) is 24.5 Å². The third-order valence-electron chi connectivity index (χ3n) is 6.46. The predicted octanol–water partition coefficient (Wildman–Crippen LogP) is 1.66. The highest BCUT2D eigenvalue weighted by Gasteiger charge is 2.55. The summed E-state index contributed by atoms with van der Waals surface area (Å²) in [5, 5.41) is 3.04. The molecule has 1 N–H and O–H groups in total. The van der Waals surface area contributed by atoms with Gasteiger partial charge in [0.15, 0.2) is 0 Å². The molecular formula is C20H29N5O2. The summed E-state index contributed by atoms with van der Waals surface area (Å²) >= 11 is 0. The fourth-order valence-electron chi connectivity index (χ4n) is 4.66. The standard InChI is InChI=1S/C20H29N5O2/c1-16-4-2-3-7-20(16)18(26)25(19(27)22-20)15-24-12-10-23(11-13-24)14-17-5-8-21-9-6-17/h5-6,8-9,16H,2-4,7,10-15H2,1H3,(H,22,27)/t16-,20-/m0/s1. The Morgan fingerprint density at radius 3 is 2.52 bits per heavy atom. The number of hydrogen-bond acceptors (Lipinski definition) is 5. The number of carbonyl (C=O) groups is 2. The van der Waals surface area contributed by atoms with Crippen molar-refractivity contribution in [2.45, 2.75) is 44.7 Å². The van der Waals surface area contributed by atoms with Gasteiger partial charge in [-0.05, 0) is 36.5 Å². The van der Waals surface area contributed by atoms with E-state index in [2.05, 4.69) is 27.0 Å². The van der Waals surface area contributed by atoms with Crippen LogP contribution in [0.5, 0.6) is 0 Å². The molecule has 3 aliphatic rings. The average Bonchev–Trinajstić information content (AvgIpc) is 2.91. The van der Waals surface area contributed by atoms with Gasteiger partial charge >= 0.3 is 6.03 Å². The van der Waals surface area contributed by atoms with E-state index in [4.69, 9.17) is 0 Å². The number of pyridine rings is 1. The smallest absolute Gasteiger partial charge is 0.323 e. The second-order valence-corrected chi connectivity index (χ2v) is 8.17. The number of nitrogens with zero attached hydrogens (tertiary/aromatic N) is 4. The predicted molar refractivity (Wildman–Crippen MR) is 102 cm³/mol. The first-order chi connectivity index (χ1) is 13.1. The molecule has 2 saturated heterocycles. The summed E-state index contributed by atoms with van der Waals surface area (Å²) in [5.74, 6) is 0.198. The van der Waals surface area contributed by atoms with Crippen LogP contribution in [0, 0.1) is 5.92 Å². The van der Waals surface area contributed by atoms with Gasteiger partial charge in [-0.25, -0.2) is 9.69 Å². The van der Waals surface area contributed by atoms with Crippen LogP contribution >= 0.6 is 0 Å². The third-order valence-corrected chi connectivity index (χ3v) is 6.46. The summed E-state index contributed by atoms with van der Waals surface area (Å²) in [6.45, 7) is 7.03. The molecular weight excluding hydrogens is 342 g/mol. The lowest BCUT2D eigenvalue weighted by atomic mass is 9.73. The molecule has 1 spiro atoms. The maximum Gasteiger partial charge on any atom is 0.326 e. The van der Waals surface area contributed by atoms with Gasteiger partial charge in [-0.2, -0.15) is 0 Å². The number of amides is 3. The van der Waals surface area contributed by atoms with Gasteiger partial charge in [-0.1, -0.05) is 19.8 Å². The van der Waals surface area contributed by atoms with Crippen LogP contribution in [0.4, 0.5) is 4.79 Å². The van der Waals surface area contributed by atoms with Crippen molar-refractivity contribution in [2.24, 2.45) is 5.92 Å². The average molecular weight is 371 g/mol. The number of urea groups is 1. The molecule has 1 aromatic heterocycles. The Morgan fingerprint density at radius 2 is 1.81 bits per heavy atom. The topological polar surface area (TPSA) is 68.8 Å². The molecule has 2 aliphatic heterocycles. The van der Waals surface area contributed by atoms with Gasteiger partial charge in [-0.15, -0.1) is 0 Å². The zero-order valence-corrected chi connectivity index (χ0v) is 16.1. The van der Waals surface area contributed by atoms with Crippen LogP contribution in [0.1, 0.15) is 38.2 Å². The SMILES string of the molecule is C[C@H]1CCCC[C@]12NC(=O)N(CN1CCN(Cc3ccncc3)CC1)C2=O. The Hall–Kier alpha value is -1.99. The van der Waals surface area contributed by atoms with Crippen molar-refractivity contribution in [3.8, 4) is 0 Å². The fraction of sp³-hybridized carbons (Fsp3) is 0.650. The molecule has 2 atom stereocenters. The number of aromatic nitrogens is 1. The van der Waals surface area contributed by atoms with E-state index in [0.29, 0.717) is 6.67 Å². The van der Waals surface area contributed by atoms with Gasteiger partial charge in [0, 0.05) is 45.1 Å². The van der Waals surface area contributed by atoms with Crippen LogP contribution < -0.4 is 5.32 Å². The zero-order chi connectivity index (χ0) is 18.9. The first kappa shape index (κ1) is 18.4. The molecule has 1 saturated carbocycles. The third kappa shape index (κ3) is 3.58.